The minimum absolute atomic E-state index is 0.0593. The predicted molar refractivity (Wildman–Crippen MR) is 89.4 cm³/mol. The Bertz CT molecular complexity index is 644. The summed E-state index contributed by atoms with van der Waals surface area (Å²) in [5.41, 5.74) is 1.97. The molecule has 1 atom stereocenters. The average Bonchev–Trinajstić information content (AvgIpc) is 3.11. The summed E-state index contributed by atoms with van der Waals surface area (Å²) >= 11 is 0. The number of aromatic nitrogens is 1. The quantitative estimate of drug-likeness (QED) is 0.848. The van der Waals surface area contributed by atoms with Crippen molar-refractivity contribution in [1.82, 2.24) is 10.1 Å². The molecule has 1 aliphatic rings. The molecule has 0 radical (unpaired) electrons. The van der Waals surface area contributed by atoms with E-state index in [0.29, 0.717) is 11.8 Å². The van der Waals surface area contributed by atoms with Crippen molar-refractivity contribution in [3.63, 3.8) is 0 Å². The molecule has 1 unspecified atom stereocenters. The van der Waals surface area contributed by atoms with Crippen molar-refractivity contribution in [2.45, 2.75) is 51.0 Å². The summed E-state index contributed by atoms with van der Waals surface area (Å²) in [5.74, 6) is 0.397. The highest BCUT2D eigenvalue weighted by atomic mass is 16.5. The van der Waals surface area contributed by atoms with E-state index in [0.717, 1.165) is 18.5 Å². The molecule has 1 amide bonds. The molecule has 3 rings (SSSR count). The molecular formula is C19H24N2O2. The van der Waals surface area contributed by atoms with E-state index in [2.05, 4.69) is 24.2 Å². The van der Waals surface area contributed by atoms with Crippen LogP contribution in [0.3, 0.4) is 0 Å². The number of nitrogens with zero attached hydrogens (tertiary/aromatic N) is 2. The Labute approximate surface area is 137 Å². The highest BCUT2D eigenvalue weighted by molar-refractivity contribution is 5.91. The molecule has 4 nitrogen and oxygen atoms in total. The van der Waals surface area contributed by atoms with Crippen LogP contribution in [0.25, 0.3) is 0 Å². The van der Waals surface area contributed by atoms with Gasteiger partial charge in [0, 0.05) is 25.1 Å². The summed E-state index contributed by atoms with van der Waals surface area (Å²) in [6, 6.07) is 12.3. The van der Waals surface area contributed by atoms with Gasteiger partial charge in [-0.15, -0.1) is 0 Å². The van der Waals surface area contributed by atoms with Gasteiger partial charge in [-0.05, 0) is 18.4 Å². The molecule has 0 aliphatic heterocycles. The lowest BCUT2D eigenvalue weighted by molar-refractivity contribution is 0.0654. The van der Waals surface area contributed by atoms with Crippen molar-refractivity contribution in [2.75, 3.05) is 7.05 Å². The summed E-state index contributed by atoms with van der Waals surface area (Å²) in [7, 11) is 1.88. The zero-order valence-electron chi connectivity index (χ0n) is 13.9. The number of carbonyl (C=O) groups excluding carboxylic acids is 1. The van der Waals surface area contributed by atoms with E-state index < -0.39 is 0 Å². The van der Waals surface area contributed by atoms with Gasteiger partial charge in [-0.25, -0.2) is 0 Å². The smallest absolute Gasteiger partial charge is 0.292 e. The Morgan fingerprint density at radius 2 is 1.91 bits per heavy atom. The third-order valence-corrected chi connectivity index (χ3v) is 4.93. The summed E-state index contributed by atoms with van der Waals surface area (Å²) in [6.07, 6.45) is 5.86. The molecule has 1 saturated carbocycles. The highest BCUT2D eigenvalue weighted by Gasteiger charge is 2.26. The van der Waals surface area contributed by atoms with Crippen molar-refractivity contribution in [2.24, 2.45) is 0 Å². The molecule has 0 N–H and O–H groups in total. The lowest BCUT2D eigenvalue weighted by Gasteiger charge is -2.30. The topological polar surface area (TPSA) is 46.3 Å². The number of benzene rings is 1. The molecule has 0 bridgehead atoms. The van der Waals surface area contributed by atoms with E-state index in [-0.39, 0.29) is 11.8 Å². The third kappa shape index (κ3) is 3.46. The fourth-order valence-electron chi connectivity index (χ4n) is 3.31. The molecular weight excluding hydrogens is 288 g/mol. The van der Waals surface area contributed by atoms with Crippen molar-refractivity contribution < 1.29 is 9.32 Å². The van der Waals surface area contributed by atoms with Crippen LogP contribution >= 0.6 is 0 Å². The lowest BCUT2D eigenvalue weighted by atomic mass is 9.94. The third-order valence-electron chi connectivity index (χ3n) is 4.93. The number of hydrogen-bond donors (Lipinski definition) is 0. The summed E-state index contributed by atoms with van der Waals surface area (Å²) in [4.78, 5) is 14.4. The van der Waals surface area contributed by atoms with E-state index in [1.807, 2.05) is 30.1 Å². The van der Waals surface area contributed by atoms with Gasteiger partial charge in [-0.3, -0.25) is 4.79 Å². The number of rotatable bonds is 4. The lowest BCUT2D eigenvalue weighted by Crippen LogP contribution is -2.38. The van der Waals surface area contributed by atoms with Gasteiger partial charge >= 0.3 is 0 Å². The molecule has 0 saturated heterocycles. The van der Waals surface area contributed by atoms with Gasteiger partial charge in [0.2, 0.25) is 5.76 Å². The van der Waals surface area contributed by atoms with E-state index >= 15 is 0 Å². The molecule has 0 spiro atoms. The normalized spacial score (nSPS) is 17.0. The first-order valence-electron chi connectivity index (χ1n) is 8.45. The second-order valence-electron chi connectivity index (χ2n) is 6.46. The molecule has 122 valence electrons. The summed E-state index contributed by atoms with van der Waals surface area (Å²) in [6.45, 7) is 2.08. The van der Waals surface area contributed by atoms with Gasteiger partial charge in [0.1, 0.15) is 0 Å². The zero-order valence-corrected chi connectivity index (χ0v) is 13.9. The standard InChI is InChI=1S/C19H24N2O2/c1-14(15-9-5-3-6-10-15)17-13-18(23-20-17)19(22)21(2)16-11-7-4-8-12-16/h3,5-6,9-10,13-14,16H,4,7-8,11-12H2,1-2H3. The summed E-state index contributed by atoms with van der Waals surface area (Å²) in [5, 5.41) is 4.12. The number of carbonyl (C=O) groups is 1. The van der Waals surface area contributed by atoms with Crippen LogP contribution in [0.4, 0.5) is 0 Å². The van der Waals surface area contributed by atoms with E-state index in [1.54, 1.807) is 6.07 Å². The Morgan fingerprint density at radius 1 is 1.22 bits per heavy atom. The first kappa shape index (κ1) is 15.8. The van der Waals surface area contributed by atoms with Crippen LogP contribution in [0, 0.1) is 0 Å². The molecule has 23 heavy (non-hydrogen) atoms. The van der Waals surface area contributed by atoms with Crippen molar-refractivity contribution in [3.05, 3.63) is 53.4 Å². The Hall–Kier alpha value is -2.10. The first-order chi connectivity index (χ1) is 11.2. The maximum absolute atomic E-state index is 12.6. The summed E-state index contributed by atoms with van der Waals surface area (Å²) < 4.78 is 5.34. The molecule has 1 aromatic carbocycles. The number of amides is 1. The predicted octanol–water partition coefficient (Wildman–Crippen LogP) is 4.23. The van der Waals surface area contributed by atoms with Crippen LogP contribution in [0.5, 0.6) is 0 Å². The van der Waals surface area contributed by atoms with Crippen LogP contribution in [-0.4, -0.2) is 29.1 Å². The fraction of sp³-hybridized carbons (Fsp3) is 0.474. The van der Waals surface area contributed by atoms with Crippen LogP contribution in [-0.2, 0) is 0 Å². The van der Waals surface area contributed by atoms with Crippen molar-refractivity contribution in [1.29, 1.82) is 0 Å². The molecule has 1 heterocycles. The number of hydrogen-bond acceptors (Lipinski definition) is 3. The molecule has 1 aliphatic carbocycles. The maximum atomic E-state index is 12.6. The van der Waals surface area contributed by atoms with Gasteiger partial charge < -0.3 is 9.42 Å². The molecule has 1 aromatic heterocycles. The highest BCUT2D eigenvalue weighted by Crippen LogP contribution is 2.26. The fourth-order valence-corrected chi connectivity index (χ4v) is 3.31. The Morgan fingerprint density at radius 3 is 2.61 bits per heavy atom. The van der Waals surface area contributed by atoms with Gasteiger partial charge in [-0.2, -0.15) is 0 Å². The van der Waals surface area contributed by atoms with Gasteiger partial charge in [-0.1, -0.05) is 61.7 Å². The van der Waals surface area contributed by atoms with E-state index in [1.165, 1.54) is 24.8 Å². The monoisotopic (exact) mass is 312 g/mol. The van der Waals surface area contributed by atoms with Gasteiger partial charge in [0.25, 0.3) is 5.91 Å². The van der Waals surface area contributed by atoms with Crippen LogP contribution in [0.15, 0.2) is 40.9 Å². The second-order valence-corrected chi connectivity index (χ2v) is 6.46. The molecule has 2 aromatic rings. The molecule has 1 fully saturated rings. The minimum atomic E-state index is -0.0593. The van der Waals surface area contributed by atoms with Gasteiger partial charge in [0.05, 0.1) is 5.69 Å². The van der Waals surface area contributed by atoms with Crippen molar-refractivity contribution >= 4 is 5.91 Å². The molecule has 4 heteroatoms. The van der Waals surface area contributed by atoms with E-state index in [9.17, 15) is 4.79 Å². The first-order valence-corrected chi connectivity index (χ1v) is 8.45. The maximum Gasteiger partial charge on any atom is 0.292 e. The SMILES string of the molecule is CC(c1ccccc1)c1cc(C(=O)N(C)C2CCCCC2)on1. The zero-order chi connectivity index (χ0) is 16.2. The van der Waals surface area contributed by atoms with Crippen LogP contribution in [0.1, 0.15) is 66.8 Å². The van der Waals surface area contributed by atoms with Crippen LogP contribution in [0.2, 0.25) is 0 Å². The van der Waals surface area contributed by atoms with Crippen LogP contribution < -0.4 is 0 Å². The Kier molecular flexibility index (Phi) is 4.79. The minimum Gasteiger partial charge on any atom is -0.351 e. The van der Waals surface area contributed by atoms with Crippen molar-refractivity contribution in [3.8, 4) is 0 Å². The largest absolute Gasteiger partial charge is 0.351 e. The van der Waals surface area contributed by atoms with E-state index in [4.69, 9.17) is 4.52 Å². The second kappa shape index (κ2) is 6.99. The van der Waals surface area contributed by atoms with Gasteiger partial charge in [0.15, 0.2) is 0 Å². The Balaban J connectivity index is 1.72. The average molecular weight is 312 g/mol.